The average Bonchev–Trinajstić information content (AvgIpc) is 2.46. The molecule has 1 aromatic carbocycles. The smallest absolute Gasteiger partial charge is 0.305 e. The number of aliphatic hydroxyl groups excluding tert-OH is 1. The van der Waals surface area contributed by atoms with Gasteiger partial charge in [-0.3, -0.25) is 4.79 Å². The van der Waals surface area contributed by atoms with E-state index in [0.717, 1.165) is 5.56 Å². The van der Waals surface area contributed by atoms with Gasteiger partial charge in [-0.1, -0.05) is 24.3 Å². The van der Waals surface area contributed by atoms with Crippen molar-refractivity contribution in [3.05, 3.63) is 47.8 Å². The predicted octanol–water partition coefficient (Wildman–Crippen LogP) is 1.96. The molecule has 21 heavy (non-hydrogen) atoms. The maximum Gasteiger partial charge on any atom is 0.305 e. The number of rotatable bonds is 8. The van der Waals surface area contributed by atoms with E-state index in [1.807, 2.05) is 0 Å². The van der Waals surface area contributed by atoms with Crippen molar-refractivity contribution in [2.45, 2.75) is 38.3 Å². The first-order valence-electron chi connectivity index (χ1n) is 7.03. The molecule has 0 aliphatic heterocycles. The number of hydrogen-bond acceptors (Lipinski definition) is 4. The van der Waals surface area contributed by atoms with Crippen molar-refractivity contribution in [1.29, 1.82) is 0 Å². The number of carbonyl (C=O) groups is 1. The van der Waals surface area contributed by atoms with Crippen LogP contribution >= 0.6 is 0 Å². The second kappa shape index (κ2) is 9.26. The highest BCUT2D eigenvalue weighted by Gasteiger charge is 2.06. The minimum Gasteiger partial charge on any atom is -0.466 e. The van der Waals surface area contributed by atoms with Crippen molar-refractivity contribution >= 4 is 5.97 Å². The van der Waals surface area contributed by atoms with E-state index in [-0.39, 0.29) is 24.2 Å². The average molecular weight is 295 g/mol. The Hall–Kier alpha value is -1.72. The molecule has 1 rings (SSSR count). The summed E-state index contributed by atoms with van der Waals surface area (Å²) in [4.78, 5) is 11.2. The van der Waals surface area contributed by atoms with Crippen molar-refractivity contribution in [3.63, 3.8) is 0 Å². The zero-order valence-corrected chi connectivity index (χ0v) is 12.2. The van der Waals surface area contributed by atoms with Crippen molar-refractivity contribution in [1.82, 2.24) is 0 Å². The van der Waals surface area contributed by atoms with E-state index in [0.29, 0.717) is 19.4 Å². The van der Waals surface area contributed by atoms with Gasteiger partial charge < -0.3 is 15.6 Å². The van der Waals surface area contributed by atoms with Crippen LogP contribution in [0.4, 0.5) is 4.39 Å². The lowest BCUT2D eigenvalue weighted by Crippen LogP contribution is -2.20. The molecule has 0 saturated heterocycles. The molecule has 5 heteroatoms. The van der Waals surface area contributed by atoms with Crippen LogP contribution in [0.25, 0.3) is 0 Å². The van der Waals surface area contributed by atoms with Crippen LogP contribution in [-0.2, 0) is 16.0 Å². The zero-order valence-electron chi connectivity index (χ0n) is 12.2. The first-order chi connectivity index (χ1) is 10.0. The van der Waals surface area contributed by atoms with Crippen molar-refractivity contribution in [3.8, 4) is 0 Å². The summed E-state index contributed by atoms with van der Waals surface area (Å²) in [6, 6.07) is 5.67. The Balaban J connectivity index is 2.33. The molecule has 3 N–H and O–H groups in total. The zero-order chi connectivity index (χ0) is 15.7. The van der Waals surface area contributed by atoms with Gasteiger partial charge in [-0.2, -0.15) is 0 Å². The minimum atomic E-state index is -0.691. The molecule has 1 aromatic rings. The fraction of sp³-hybridized carbons (Fsp3) is 0.438. The lowest BCUT2D eigenvalue weighted by atomic mass is 10.1. The molecular weight excluding hydrogens is 273 g/mol. The Morgan fingerprint density at radius 3 is 2.67 bits per heavy atom. The summed E-state index contributed by atoms with van der Waals surface area (Å²) in [6.45, 7) is 2.11. The van der Waals surface area contributed by atoms with Gasteiger partial charge in [-0.15, -0.1) is 0 Å². The molecule has 0 fully saturated rings. The number of hydrogen-bond donors (Lipinski definition) is 2. The quantitative estimate of drug-likeness (QED) is 0.568. The first kappa shape index (κ1) is 17.3. The van der Waals surface area contributed by atoms with Gasteiger partial charge in [0.05, 0.1) is 12.7 Å². The van der Waals surface area contributed by atoms with Crippen LogP contribution in [0.1, 0.15) is 25.3 Å². The van der Waals surface area contributed by atoms with Gasteiger partial charge in [0.2, 0.25) is 0 Å². The number of esters is 1. The Kier molecular flexibility index (Phi) is 7.64. The van der Waals surface area contributed by atoms with Crippen LogP contribution in [0, 0.1) is 5.82 Å². The van der Waals surface area contributed by atoms with Crippen LogP contribution < -0.4 is 5.73 Å². The van der Waals surface area contributed by atoms with Crippen LogP contribution in [0.5, 0.6) is 0 Å². The molecule has 0 bridgehead atoms. The molecule has 0 saturated carbocycles. The summed E-state index contributed by atoms with van der Waals surface area (Å²) in [6.07, 6.45) is 3.70. The molecule has 0 amide bonds. The summed E-state index contributed by atoms with van der Waals surface area (Å²) in [5, 5.41) is 9.85. The predicted molar refractivity (Wildman–Crippen MR) is 79.1 cm³/mol. The second-order valence-electron chi connectivity index (χ2n) is 4.79. The SMILES string of the molecule is CCOC(=O)CC[C@@H](N)C=C[C@@H](O)Cc1ccc(F)cc1. The fourth-order valence-electron chi connectivity index (χ4n) is 1.81. The molecular formula is C16H22FNO3. The normalized spacial score (nSPS) is 14.1. The third-order valence-electron chi connectivity index (χ3n) is 2.93. The molecule has 0 aliphatic rings. The summed E-state index contributed by atoms with van der Waals surface area (Å²) in [7, 11) is 0. The Labute approximate surface area is 124 Å². The van der Waals surface area contributed by atoms with Gasteiger partial charge in [0.1, 0.15) is 5.82 Å². The van der Waals surface area contributed by atoms with E-state index in [2.05, 4.69) is 0 Å². The highest BCUT2D eigenvalue weighted by Crippen LogP contribution is 2.07. The molecule has 2 atom stereocenters. The third-order valence-corrected chi connectivity index (χ3v) is 2.93. The van der Waals surface area contributed by atoms with Crippen molar-refractivity contribution in [2.24, 2.45) is 5.73 Å². The van der Waals surface area contributed by atoms with E-state index in [1.165, 1.54) is 12.1 Å². The summed E-state index contributed by atoms with van der Waals surface area (Å²) < 4.78 is 17.6. The molecule has 0 unspecified atom stereocenters. The maximum absolute atomic E-state index is 12.8. The molecule has 116 valence electrons. The molecule has 0 aliphatic carbocycles. The molecule has 0 aromatic heterocycles. The minimum absolute atomic E-state index is 0.257. The number of carbonyl (C=O) groups excluding carboxylic acids is 1. The Bertz CT molecular complexity index is 459. The summed E-state index contributed by atoms with van der Waals surface area (Å²) in [5.74, 6) is -0.571. The van der Waals surface area contributed by atoms with Crippen molar-refractivity contribution < 1.29 is 19.0 Å². The van der Waals surface area contributed by atoms with E-state index < -0.39 is 6.10 Å². The number of aliphatic hydroxyl groups is 1. The molecule has 0 heterocycles. The van der Waals surface area contributed by atoms with Gasteiger partial charge in [0.25, 0.3) is 0 Å². The number of halogens is 1. The fourth-order valence-corrected chi connectivity index (χ4v) is 1.81. The van der Waals surface area contributed by atoms with E-state index in [9.17, 15) is 14.3 Å². The first-order valence-corrected chi connectivity index (χ1v) is 7.03. The van der Waals surface area contributed by atoms with Gasteiger partial charge in [-0.25, -0.2) is 4.39 Å². The monoisotopic (exact) mass is 295 g/mol. The third kappa shape index (κ3) is 7.58. The van der Waals surface area contributed by atoms with Crippen molar-refractivity contribution in [2.75, 3.05) is 6.61 Å². The highest BCUT2D eigenvalue weighted by molar-refractivity contribution is 5.69. The standard InChI is InChI=1S/C16H22FNO3/c1-2-21-16(20)10-8-14(18)7-9-15(19)11-12-3-5-13(17)6-4-12/h3-7,9,14-15,19H,2,8,10-11,18H2,1H3/t14-,15+/m0/s1. The van der Waals surface area contributed by atoms with E-state index >= 15 is 0 Å². The lowest BCUT2D eigenvalue weighted by molar-refractivity contribution is -0.143. The number of benzene rings is 1. The molecule has 4 nitrogen and oxygen atoms in total. The van der Waals surface area contributed by atoms with Crippen LogP contribution in [-0.4, -0.2) is 29.8 Å². The topological polar surface area (TPSA) is 72.5 Å². The van der Waals surface area contributed by atoms with Gasteiger partial charge >= 0.3 is 5.97 Å². The van der Waals surface area contributed by atoms with E-state index in [4.69, 9.17) is 10.5 Å². The Morgan fingerprint density at radius 2 is 2.05 bits per heavy atom. The van der Waals surface area contributed by atoms with Gasteiger partial charge in [0, 0.05) is 18.9 Å². The molecule has 0 radical (unpaired) electrons. The molecule has 0 spiro atoms. The van der Waals surface area contributed by atoms with Crippen LogP contribution in [0.2, 0.25) is 0 Å². The number of ether oxygens (including phenoxy) is 1. The lowest BCUT2D eigenvalue weighted by Gasteiger charge is -2.09. The van der Waals surface area contributed by atoms with Gasteiger partial charge in [-0.05, 0) is 31.0 Å². The Morgan fingerprint density at radius 1 is 1.38 bits per heavy atom. The van der Waals surface area contributed by atoms with Crippen LogP contribution in [0.3, 0.4) is 0 Å². The summed E-state index contributed by atoms with van der Waals surface area (Å²) >= 11 is 0. The highest BCUT2D eigenvalue weighted by atomic mass is 19.1. The second-order valence-corrected chi connectivity index (χ2v) is 4.79. The maximum atomic E-state index is 12.8. The van der Waals surface area contributed by atoms with E-state index in [1.54, 1.807) is 31.2 Å². The number of nitrogens with two attached hydrogens (primary N) is 1. The van der Waals surface area contributed by atoms with Crippen LogP contribution in [0.15, 0.2) is 36.4 Å². The largest absolute Gasteiger partial charge is 0.466 e. The summed E-state index contributed by atoms with van der Waals surface area (Å²) in [5.41, 5.74) is 6.67. The van der Waals surface area contributed by atoms with Gasteiger partial charge in [0.15, 0.2) is 0 Å².